The molecule has 0 N–H and O–H groups in total. The standard InChI is InChI=1S/C22H22Br2ClN2O2P/c1-22(2,3)30(17-9-11-26-12-10-17,29-20-7-5-15(23)13-18(20)24)27-19-14-16(25)6-8-21(19)28-4/h5-14H,1-4H3/t30-/m0/s1. The molecule has 0 aliphatic heterocycles. The van der Waals surface area contributed by atoms with Crippen LogP contribution in [0.15, 0.2) is 74.6 Å². The van der Waals surface area contributed by atoms with Crippen molar-refractivity contribution in [2.45, 2.75) is 25.9 Å². The molecule has 0 fully saturated rings. The van der Waals surface area contributed by atoms with E-state index in [4.69, 9.17) is 25.6 Å². The Morgan fingerprint density at radius 1 is 0.967 bits per heavy atom. The monoisotopic (exact) mass is 570 g/mol. The number of hydrogen-bond acceptors (Lipinski definition) is 4. The maximum atomic E-state index is 6.83. The molecule has 0 amide bonds. The lowest BCUT2D eigenvalue weighted by molar-refractivity contribution is 0.416. The molecule has 1 aromatic heterocycles. The molecule has 3 aromatic rings. The van der Waals surface area contributed by atoms with Gasteiger partial charge in [0.1, 0.15) is 17.2 Å². The van der Waals surface area contributed by atoms with Gasteiger partial charge in [-0.2, -0.15) is 0 Å². The van der Waals surface area contributed by atoms with Gasteiger partial charge in [-0.3, -0.25) is 4.98 Å². The van der Waals surface area contributed by atoms with Crippen LogP contribution < -0.4 is 14.6 Å². The summed E-state index contributed by atoms with van der Waals surface area (Å²) in [6.07, 6.45) is 3.53. The fourth-order valence-corrected chi connectivity index (χ4v) is 7.41. The van der Waals surface area contributed by atoms with E-state index >= 15 is 0 Å². The number of pyridine rings is 1. The van der Waals surface area contributed by atoms with Crippen LogP contribution in [-0.2, 0) is 0 Å². The Morgan fingerprint density at radius 2 is 1.63 bits per heavy atom. The fraction of sp³-hybridized carbons (Fsp3) is 0.227. The summed E-state index contributed by atoms with van der Waals surface area (Å²) < 4.78 is 19.4. The molecule has 0 radical (unpaired) electrons. The van der Waals surface area contributed by atoms with Crippen molar-refractivity contribution >= 4 is 61.7 Å². The van der Waals surface area contributed by atoms with Crippen LogP contribution in [0.25, 0.3) is 0 Å². The van der Waals surface area contributed by atoms with Crippen LogP contribution in [0.2, 0.25) is 5.02 Å². The van der Waals surface area contributed by atoms with Gasteiger partial charge in [0.15, 0.2) is 7.28 Å². The van der Waals surface area contributed by atoms with Gasteiger partial charge in [0, 0.05) is 32.3 Å². The highest BCUT2D eigenvalue weighted by atomic mass is 79.9. The van der Waals surface area contributed by atoms with Gasteiger partial charge in [-0.25, -0.2) is 4.74 Å². The van der Waals surface area contributed by atoms with Crippen molar-refractivity contribution in [1.82, 2.24) is 4.98 Å². The number of aromatic nitrogens is 1. The number of methoxy groups -OCH3 is 1. The molecule has 0 bridgehead atoms. The van der Waals surface area contributed by atoms with E-state index < -0.39 is 7.28 Å². The van der Waals surface area contributed by atoms with Crippen LogP contribution in [0.1, 0.15) is 20.8 Å². The zero-order valence-electron chi connectivity index (χ0n) is 17.1. The maximum Gasteiger partial charge on any atom is 0.173 e. The van der Waals surface area contributed by atoms with Crippen molar-refractivity contribution in [3.05, 3.63) is 74.9 Å². The number of halogens is 3. The van der Waals surface area contributed by atoms with E-state index in [2.05, 4.69) is 57.6 Å². The van der Waals surface area contributed by atoms with Crippen LogP contribution in [-0.4, -0.2) is 17.2 Å². The second kappa shape index (κ2) is 9.44. The Bertz CT molecular complexity index is 1100. The number of hydrogen-bond donors (Lipinski definition) is 0. The highest BCUT2D eigenvalue weighted by Gasteiger charge is 2.39. The topological polar surface area (TPSA) is 43.7 Å². The van der Waals surface area contributed by atoms with Gasteiger partial charge in [0.05, 0.1) is 11.6 Å². The van der Waals surface area contributed by atoms with Gasteiger partial charge in [-0.1, -0.05) is 48.3 Å². The minimum absolute atomic E-state index is 0.339. The molecule has 1 atom stereocenters. The van der Waals surface area contributed by atoms with E-state index in [1.807, 2.05) is 42.5 Å². The third-order valence-corrected chi connectivity index (χ3v) is 9.56. The van der Waals surface area contributed by atoms with Crippen LogP contribution in [0, 0.1) is 0 Å². The van der Waals surface area contributed by atoms with Crippen LogP contribution in [0.3, 0.4) is 0 Å². The quantitative estimate of drug-likeness (QED) is 0.289. The second-order valence-electron chi connectivity index (χ2n) is 7.53. The molecule has 0 aliphatic carbocycles. The van der Waals surface area contributed by atoms with E-state index in [1.165, 1.54) is 0 Å². The lowest BCUT2D eigenvalue weighted by Gasteiger charge is -2.37. The molecule has 8 heteroatoms. The van der Waals surface area contributed by atoms with Gasteiger partial charge < -0.3 is 9.26 Å². The molecular weight excluding hydrogens is 550 g/mol. The summed E-state index contributed by atoms with van der Waals surface area (Å²) >= 11 is 13.4. The maximum absolute atomic E-state index is 6.83. The third kappa shape index (κ3) is 4.94. The van der Waals surface area contributed by atoms with Crippen molar-refractivity contribution in [1.29, 1.82) is 0 Å². The lowest BCUT2D eigenvalue weighted by atomic mass is 10.3. The SMILES string of the molecule is COc1ccc(Cl)cc1N=[P@](Oc1ccc(Br)cc1Br)(c1ccncc1)C(C)(C)C. The van der Waals surface area contributed by atoms with Crippen molar-refractivity contribution in [2.75, 3.05) is 7.11 Å². The first-order valence-corrected chi connectivity index (χ1v) is 12.8. The second-order valence-corrected chi connectivity index (χ2v) is 13.1. The largest absolute Gasteiger partial charge is 0.494 e. The third-order valence-electron chi connectivity index (χ3n) is 4.44. The number of benzene rings is 2. The average molecular weight is 573 g/mol. The Kier molecular flexibility index (Phi) is 7.34. The van der Waals surface area contributed by atoms with Crippen molar-refractivity contribution in [3.63, 3.8) is 0 Å². The van der Waals surface area contributed by atoms with Crippen molar-refractivity contribution in [2.24, 2.45) is 4.74 Å². The lowest BCUT2D eigenvalue weighted by Crippen LogP contribution is -2.27. The molecule has 3 rings (SSSR count). The summed E-state index contributed by atoms with van der Waals surface area (Å²) in [4.78, 5) is 4.19. The summed E-state index contributed by atoms with van der Waals surface area (Å²) in [6.45, 7) is 6.40. The first kappa shape index (κ1) is 23.3. The van der Waals surface area contributed by atoms with E-state index in [-0.39, 0.29) is 5.16 Å². The molecule has 0 spiro atoms. The zero-order valence-corrected chi connectivity index (χ0v) is 21.9. The predicted molar refractivity (Wildman–Crippen MR) is 133 cm³/mol. The molecule has 1 heterocycles. The predicted octanol–water partition coefficient (Wildman–Crippen LogP) is 8.22. The smallest absolute Gasteiger partial charge is 0.173 e. The minimum Gasteiger partial charge on any atom is -0.494 e. The van der Waals surface area contributed by atoms with Crippen LogP contribution >= 0.6 is 50.7 Å². The van der Waals surface area contributed by atoms with Crippen molar-refractivity contribution < 1.29 is 9.26 Å². The van der Waals surface area contributed by atoms with E-state index in [0.29, 0.717) is 22.2 Å². The first-order chi connectivity index (χ1) is 14.2. The Labute approximate surface area is 199 Å². The molecule has 2 aromatic carbocycles. The Hall–Kier alpha value is -1.33. The van der Waals surface area contributed by atoms with Gasteiger partial charge in [0.2, 0.25) is 0 Å². The molecule has 0 saturated carbocycles. The molecule has 0 unspecified atom stereocenters. The Morgan fingerprint density at radius 3 is 2.23 bits per heavy atom. The summed E-state index contributed by atoms with van der Waals surface area (Å²) in [7, 11) is -1.05. The number of ether oxygens (including phenoxy) is 1. The van der Waals surface area contributed by atoms with E-state index in [9.17, 15) is 0 Å². The van der Waals surface area contributed by atoms with Crippen LogP contribution in [0.5, 0.6) is 11.5 Å². The average Bonchev–Trinajstić information content (AvgIpc) is 2.69. The van der Waals surface area contributed by atoms with Crippen LogP contribution in [0.4, 0.5) is 5.69 Å². The molecular formula is C22H22Br2ClN2O2P. The van der Waals surface area contributed by atoms with Gasteiger partial charge >= 0.3 is 0 Å². The molecule has 30 heavy (non-hydrogen) atoms. The van der Waals surface area contributed by atoms with Crippen molar-refractivity contribution in [3.8, 4) is 11.5 Å². The molecule has 158 valence electrons. The molecule has 4 nitrogen and oxygen atoms in total. The summed E-state index contributed by atoms with van der Waals surface area (Å²) in [5.41, 5.74) is 0.651. The van der Waals surface area contributed by atoms with Gasteiger partial charge in [0.25, 0.3) is 0 Å². The Balaban J connectivity index is 2.36. The van der Waals surface area contributed by atoms with Gasteiger partial charge in [-0.05, 0) is 64.5 Å². The summed E-state index contributed by atoms with van der Waals surface area (Å²) in [5, 5.41) is 1.22. The van der Waals surface area contributed by atoms with Gasteiger partial charge in [-0.15, -0.1) is 0 Å². The number of rotatable bonds is 5. The zero-order chi connectivity index (χ0) is 21.9. The summed E-state index contributed by atoms with van der Waals surface area (Å²) in [5.74, 6) is 1.35. The number of nitrogens with zero attached hydrogens (tertiary/aromatic N) is 2. The minimum atomic E-state index is -2.68. The normalized spacial score (nSPS) is 13.4. The fourth-order valence-electron chi connectivity index (χ4n) is 2.94. The van der Waals surface area contributed by atoms with E-state index in [1.54, 1.807) is 25.6 Å². The highest BCUT2D eigenvalue weighted by Crippen LogP contribution is 2.63. The molecule has 0 aliphatic rings. The van der Waals surface area contributed by atoms with E-state index in [0.717, 1.165) is 14.2 Å². The highest BCUT2D eigenvalue weighted by molar-refractivity contribution is 9.11. The molecule has 0 saturated heterocycles. The first-order valence-electron chi connectivity index (χ1n) is 9.17. The summed E-state index contributed by atoms with van der Waals surface area (Å²) in [6, 6.07) is 15.2.